The first-order valence-corrected chi connectivity index (χ1v) is 7.09. The van der Waals surface area contributed by atoms with Gasteiger partial charge in [0.15, 0.2) is 0 Å². The predicted molar refractivity (Wildman–Crippen MR) is 69.6 cm³/mol. The predicted octanol–water partition coefficient (Wildman–Crippen LogP) is 2.49. The second-order valence-electron chi connectivity index (χ2n) is 6.27. The number of likely N-dealkylation sites (tertiary alicyclic amines) is 1. The van der Waals surface area contributed by atoms with Crippen LogP contribution in [-0.2, 0) is 0 Å². The van der Waals surface area contributed by atoms with Gasteiger partial charge in [-0.2, -0.15) is 0 Å². The van der Waals surface area contributed by atoms with E-state index in [9.17, 15) is 0 Å². The van der Waals surface area contributed by atoms with Crippen molar-refractivity contribution in [3.63, 3.8) is 0 Å². The van der Waals surface area contributed by atoms with Crippen LogP contribution < -0.4 is 5.32 Å². The van der Waals surface area contributed by atoms with E-state index in [2.05, 4.69) is 31.1 Å². The van der Waals surface area contributed by atoms with E-state index in [1.165, 1.54) is 45.2 Å². The van der Waals surface area contributed by atoms with Crippen LogP contribution in [0.15, 0.2) is 0 Å². The van der Waals surface area contributed by atoms with Crippen molar-refractivity contribution in [2.45, 2.75) is 58.0 Å². The lowest BCUT2D eigenvalue weighted by Gasteiger charge is -2.39. The van der Waals surface area contributed by atoms with Crippen LogP contribution in [0.4, 0.5) is 0 Å². The molecule has 0 aromatic rings. The zero-order chi connectivity index (χ0) is 11.5. The van der Waals surface area contributed by atoms with Crippen LogP contribution in [0.1, 0.15) is 46.0 Å². The standard InChI is InChI=1S/C14H28N2/c1-11-5-4-6-13(9-11)15-14-7-8-16(3)10-12(14)2/h11-15H,4-10H2,1-3H3. The number of nitrogens with zero attached hydrogens (tertiary/aromatic N) is 1. The van der Waals surface area contributed by atoms with Crippen molar-refractivity contribution in [3.05, 3.63) is 0 Å². The molecule has 4 atom stereocenters. The zero-order valence-electron chi connectivity index (χ0n) is 11.2. The molecule has 1 saturated heterocycles. The van der Waals surface area contributed by atoms with Gasteiger partial charge in [-0.25, -0.2) is 0 Å². The molecule has 1 heterocycles. The van der Waals surface area contributed by atoms with Crippen molar-refractivity contribution in [2.75, 3.05) is 20.1 Å². The molecular weight excluding hydrogens is 196 g/mol. The molecule has 0 bridgehead atoms. The lowest BCUT2D eigenvalue weighted by atomic mass is 9.85. The Morgan fingerprint density at radius 1 is 1.12 bits per heavy atom. The summed E-state index contributed by atoms with van der Waals surface area (Å²) in [5.74, 6) is 1.75. The Bertz CT molecular complexity index is 217. The van der Waals surface area contributed by atoms with E-state index >= 15 is 0 Å². The average Bonchev–Trinajstić information content (AvgIpc) is 2.22. The summed E-state index contributed by atoms with van der Waals surface area (Å²) in [6, 6.07) is 1.58. The van der Waals surface area contributed by atoms with E-state index in [0.717, 1.165) is 23.9 Å². The number of hydrogen-bond donors (Lipinski definition) is 1. The van der Waals surface area contributed by atoms with Crippen LogP contribution in [0.5, 0.6) is 0 Å². The Hall–Kier alpha value is -0.0800. The zero-order valence-corrected chi connectivity index (χ0v) is 11.2. The molecule has 94 valence electrons. The highest BCUT2D eigenvalue weighted by molar-refractivity contribution is 4.86. The highest BCUT2D eigenvalue weighted by Gasteiger charge is 2.27. The van der Waals surface area contributed by atoms with Gasteiger partial charge < -0.3 is 10.2 Å². The third-order valence-corrected chi connectivity index (χ3v) is 4.49. The molecule has 4 unspecified atom stereocenters. The molecule has 2 rings (SSSR count). The quantitative estimate of drug-likeness (QED) is 0.775. The van der Waals surface area contributed by atoms with E-state index in [1.54, 1.807) is 0 Å². The second kappa shape index (κ2) is 5.50. The normalized spacial score (nSPS) is 42.2. The Morgan fingerprint density at radius 2 is 1.94 bits per heavy atom. The molecule has 2 heteroatoms. The van der Waals surface area contributed by atoms with Gasteiger partial charge in [-0.3, -0.25) is 0 Å². The molecule has 0 radical (unpaired) electrons. The van der Waals surface area contributed by atoms with Crippen LogP contribution >= 0.6 is 0 Å². The van der Waals surface area contributed by atoms with E-state index < -0.39 is 0 Å². The van der Waals surface area contributed by atoms with Crippen molar-refractivity contribution >= 4 is 0 Å². The van der Waals surface area contributed by atoms with E-state index in [0.29, 0.717) is 0 Å². The highest BCUT2D eigenvalue weighted by atomic mass is 15.1. The van der Waals surface area contributed by atoms with E-state index in [-0.39, 0.29) is 0 Å². The summed E-state index contributed by atoms with van der Waals surface area (Å²) in [4.78, 5) is 2.46. The first-order chi connectivity index (χ1) is 7.65. The van der Waals surface area contributed by atoms with Gasteiger partial charge in [-0.1, -0.05) is 26.7 Å². The monoisotopic (exact) mass is 224 g/mol. The maximum atomic E-state index is 3.93. The third kappa shape index (κ3) is 3.21. The minimum atomic E-state index is 0.770. The van der Waals surface area contributed by atoms with Gasteiger partial charge in [-0.15, -0.1) is 0 Å². The number of rotatable bonds is 2. The second-order valence-corrected chi connectivity index (χ2v) is 6.27. The van der Waals surface area contributed by atoms with Crippen molar-refractivity contribution in [1.82, 2.24) is 10.2 Å². The van der Waals surface area contributed by atoms with Crippen LogP contribution in [0.2, 0.25) is 0 Å². The summed E-state index contributed by atoms with van der Waals surface area (Å²) in [7, 11) is 2.25. The first-order valence-electron chi connectivity index (χ1n) is 7.09. The van der Waals surface area contributed by atoms with Gasteiger partial charge in [-0.05, 0) is 44.7 Å². The van der Waals surface area contributed by atoms with E-state index in [4.69, 9.17) is 0 Å². The van der Waals surface area contributed by atoms with Crippen LogP contribution in [0, 0.1) is 11.8 Å². The molecule has 2 nitrogen and oxygen atoms in total. The van der Waals surface area contributed by atoms with Crippen LogP contribution in [0.3, 0.4) is 0 Å². The van der Waals surface area contributed by atoms with E-state index in [1.807, 2.05) is 0 Å². The fourth-order valence-corrected chi connectivity index (χ4v) is 3.49. The van der Waals surface area contributed by atoms with Crippen molar-refractivity contribution < 1.29 is 0 Å². The minimum Gasteiger partial charge on any atom is -0.311 e. The summed E-state index contributed by atoms with van der Waals surface area (Å²) < 4.78 is 0. The molecule has 0 amide bonds. The van der Waals surface area contributed by atoms with Gasteiger partial charge in [0.2, 0.25) is 0 Å². The average molecular weight is 224 g/mol. The first kappa shape index (κ1) is 12.4. The molecular formula is C14H28N2. The van der Waals surface area contributed by atoms with Gasteiger partial charge in [0.1, 0.15) is 0 Å². The Balaban J connectivity index is 1.80. The van der Waals surface area contributed by atoms with Gasteiger partial charge in [0, 0.05) is 18.6 Å². The fourth-order valence-electron chi connectivity index (χ4n) is 3.49. The van der Waals surface area contributed by atoms with Crippen LogP contribution in [0.25, 0.3) is 0 Å². The van der Waals surface area contributed by atoms with Crippen molar-refractivity contribution in [1.29, 1.82) is 0 Å². The van der Waals surface area contributed by atoms with Gasteiger partial charge in [0.05, 0.1) is 0 Å². The topological polar surface area (TPSA) is 15.3 Å². The van der Waals surface area contributed by atoms with Gasteiger partial charge >= 0.3 is 0 Å². The summed E-state index contributed by atoms with van der Waals surface area (Å²) in [5, 5.41) is 3.93. The molecule has 1 aliphatic carbocycles. The summed E-state index contributed by atoms with van der Waals surface area (Å²) in [6.07, 6.45) is 7.02. The Labute approximate surface area is 101 Å². The Morgan fingerprint density at radius 3 is 2.62 bits per heavy atom. The van der Waals surface area contributed by atoms with Gasteiger partial charge in [0.25, 0.3) is 0 Å². The summed E-state index contributed by atoms with van der Waals surface area (Å²) in [6.45, 7) is 7.34. The maximum Gasteiger partial charge on any atom is 0.0120 e. The van der Waals surface area contributed by atoms with Crippen molar-refractivity contribution in [2.24, 2.45) is 11.8 Å². The molecule has 0 aromatic carbocycles. The molecule has 1 N–H and O–H groups in total. The third-order valence-electron chi connectivity index (χ3n) is 4.49. The smallest absolute Gasteiger partial charge is 0.0120 e. The van der Waals surface area contributed by atoms with Crippen LogP contribution in [-0.4, -0.2) is 37.1 Å². The molecule has 1 aliphatic heterocycles. The highest BCUT2D eigenvalue weighted by Crippen LogP contribution is 2.25. The lowest BCUT2D eigenvalue weighted by molar-refractivity contribution is 0.153. The SMILES string of the molecule is CC1CCCC(NC2CCN(C)CC2C)C1. The summed E-state index contributed by atoms with van der Waals surface area (Å²) >= 11 is 0. The lowest BCUT2D eigenvalue weighted by Crippen LogP contribution is -2.51. The molecule has 2 aliphatic rings. The Kier molecular flexibility index (Phi) is 4.26. The largest absolute Gasteiger partial charge is 0.311 e. The minimum absolute atomic E-state index is 0.770. The number of nitrogens with one attached hydrogen (secondary N) is 1. The maximum absolute atomic E-state index is 3.93. The fraction of sp³-hybridized carbons (Fsp3) is 1.00. The molecule has 0 spiro atoms. The number of piperidine rings is 1. The number of hydrogen-bond acceptors (Lipinski definition) is 2. The molecule has 16 heavy (non-hydrogen) atoms. The molecule has 1 saturated carbocycles. The summed E-state index contributed by atoms with van der Waals surface area (Å²) in [5.41, 5.74) is 0. The van der Waals surface area contributed by atoms with Crippen molar-refractivity contribution in [3.8, 4) is 0 Å². The molecule has 2 fully saturated rings. The molecule has 0 aromatic heterocycles.